The van der Waals surface area contributed by atoms with Crippen molar-refractivity contribution in [3.8, 4) is 0 Å². The highest BCUT2D eigenvalue weighted by Crippen LogP contribution is 2.07. The molecule has 0 heterocycles. The van der Waals surface area contributed by atoms with Gasteiger partial charge >= 0.3 is 29.8 Å². The Hall–Kier alpha value is -4.33. The fourth-order valence-electron chi connectivity index (χ4n) is 3.94. The van der Waals surface area contributed by atoms with Crippen LogP contribution in [0.3, 0.4) is 0 Å². The molecular formula is C30H39N3O10. The minimum Gasteiger partial charge on any atom is -0.480 e. The van der Waals surface area contributed by atoms with Gasteiger partial charge in [-0.1, -0.05) is 24.3 Å². The Labute approximate surface area is 250 Å². The molecule has 2 rings (SSSR count). The molecule has 13 heteroatoms. The number of carbonyl (C=O) groups excluding carboxylic acids is 2. The monoisotopic (exact) mass is 601 g/mol. The van der Waals surface area contributed by atoms with E-state index >= 15 is 0 Å². The molecule has 0 unspecified atom stereocenters. The Bertz CT molecular complexity index is 1220. The number of benzene rings is 2. The average molecular weight is 602 g/mol. The summed E-state index contributed by atoms with van der Waals surface area (Å²) in [6.45, 7) is 1.78. The van der Waals surface area contributed by atoms with Gasteiger partial charge in [0.2, 0.25) is 0 Å². The van der Waals surface area contributed by atoms with E-state index in [2.05, 4.69) is 0 Å². The van der Waals surface area contributed by atoms with Gasteiger partial charge in [0.15, 0.2) is 0 Å². The van der Waals surface area contributed by atoms with E-state index in [1.54, 1.807) is 31.3 Å². The molecule has 0 amide bonds. The van der Waals surface area contributed by atoms with E-state index < -0.39 is 23.9 Å². The number of nitrogens with zero attached hydrogens (tertiary/aromatic N) is 3. The van der Waals surface area contributed by atoms with Crippen LogP contribution in [0.1, 0.15) is 31.8 Å². The number of esters is 2. The molecule has 0 aliphatic rings. The highest BCUT2D eigenvalue weighted by atomic mass is 16.5. The smallest absolute Gasteiger partial charge is 0.335 e. The van der Waals surface area contributed by atoms with Crippen molar-refractivity contribution in [3.05, 3.63) is 70.8 Å². The van der Waals surface area contributed by atoms with Crippen LogP contribution in [0.15, 0.2) is 48.5 Å². The molecule has 0 saturated heterocycles. The number of ether oxygens (including phenoxy) is 2. The van der Waals surface area contributed by atoms with Crippen molar-refractivity contribution in [2.24, 2.45) is 0 Å². The van der Waals surface area contributed by atoms with E-state index in [9.17, 15) is 29.1 Å². The van der Waals surface area contributed by atoms with Crippen LogP contribution < -0.4 is 0 Å². The third kappa shape index (κ3) is 14.4. The third-order valence-electron chi connectivity index (χ3n) is 6.48. The van der Waals surface area contributed by atoms with Crippen molar-refractivity contribution in [3.63, 3.8) is 0 Å². The topological polar surface area (TPSA) is 174 Å². The van der Waals surface area contributed by atoms with Gasteiger partial charge in [0.1, 0.15) is 0 Å². The van der Waals surface area contributed by atoms with Crippen molar-refractivity contribution in [1.82, 2.24) is 14.7 Å². The van der Waals surface area contributed by atoms with Crippen LogP contribution in [0.4, 0.5) is 0 Å². The molecule has 0 radical (unpaired) electrons. The zero-order chi connectivity index (χ0) is 31.8. The molecule has 2 aromatic carbocycles. The normalized spacial score (nSPS) is 11.1. The number of hydrogen-bond donors (Lipinski definition) is 3. The first kappa shape index (κ1) is 34.9. The van der Waals surface area contributed by atoms with Gasteiger partial charge in [0, 0.05) is 39.0 Å². The van der Waals surface area contributed by atoms with E-state index in [0.29, 0.717) is 39.0 Å². The van der Waals surface area contributed by atoms with Crippen molar-refractivity contribution in [1.29, 1.82) is 0 Å². The lowest BCUT2D eigenvalue weighted by molar-refractivity contribution is -0.147. The maximum atomic E-state index is 12.3. The number of carboxylic acids is 3. The summed E-state index contributed by atoms with van der Waals surface area (Å²) >= 11 is 0. The predicted octanol–water partition coefficient (Wildman–Crippen LogP) is 1.20. The molecular weight excluding hydrogens is 562 g/mol. The van der Waals surface area contributed by atoms with Crippen LogP contribution in [0.5, 0.6) is 0 Å². The lowest BCUT2D eigenvalue weighted by Gasteiger charge is -2.25. The highest BCUT2D eigenvalue weighted by molar-refractivity contribution is 5.88. The summed E-state index contributed by atoms with van der Waals surface area (Å²) in [5, 5.41) is 27.1. The molecule has 43 heavy (non-hydrogen) atoms. The zero-order valence-corrected chi connectivity index (χ0v) is 24.4. The molecule has 0 atom stereocenters. The SMILES string of the molecule is CN(CCN(C)CC(=O)OCCc1ccc(C(=O)O)cc1)CCN(CC(=O)O)CC(=O)OCCc1ccc(C(=O)O)cc1. The molecule has 3 N–H and O–H groups in total. The maximum absolute atomic E-state index is 12.3. The number of carbonyl (C=O) groups is 5. The van der Waals surface area contributed by atoms with E-state index in [1.807, 2.05) is 16.8 Å². The molecule has 0 fully saturated rings. The second-order valence-corrected chi connectivity index (χ2v) is 10.1. The largest absolute Gasteiger partial charge is 0.480 e. The van der Waals surface area contributed by atoms with E-state index in [1.165, 1.54) is 29.2 Å². The Kier molecular flexibility index (Phi) is 14.8. The molecule has 0 saturated carbocycles. The standard InChI is InChI=1S/C30H39N3O10/c1-31(13-14-32(2)20-27(36)42-17-11-22-3-7-24(8-4-22)29(38)39)15-16-33(19-26(34)35)21-28(37)43-18-12-23-5-9-25(10-6-23)30(40)41/h3-10H,11-21H2,1-2H3,(H,34,35)(H,38,39)(H,40,41). The highest BCUT2D eigenvalue weighted by Gasteiger charge is 2.16. The van der Waals surface area contributed by atoms with Crippen molar-refractivity contribution < 1.29 is 48.8 Å². The first-order valence-corrected chi connectivity index (χ1v) is 13.7. The Morgan fingerprint density at radius 2 is 1.00 bits per heavy atom. The van der Waals surface area contributed by atoms with Gasteiger partial charge in [-0.25, -0.2) is 9.59 Å². The van der Waals surface area contributed by atoms with Crippen LogP contribution in [0.2, 0.25) is 0 Å². The molecule has 0 aromatic heterocycles. The summed E-state index contributed by atoms with van der Waals surface area (Å²) in [5.74, 6) is -4.02. The summed E-state index contributed by atoms with van der Waals surface area (Å²) in [7, 11) is 3.64. The zero-order valence-electron chi connectivity index (χ0n) is 24.4. The van der Waals surface area contributed by atoms with Crippen LogP contribution in [0, 0.1) is 0 Å². The number of hydrogen-bond acceptors (Lipinski definition) is 10. The Morgan fingerprint density at radius 1 is 0.581 bits per heavy atom. The van der Waals surface area contributed by atoms with E-state index in [4.69, 9.17) is 19.7 Å². The summed E-state index contributed by atoms with van der Waals surface area (Å²) in [4.78, 5) is 62.9. The fourth-order valence-corrected chi connectivity index (χ4v) is 3.94. The summed E-state index contributed by atoms with van der Waals surface area (Å²) < 4.78 is 10.5. The minimum atomic E-state index is -1.07. The van der Waals surface area contributed by atoms with Crippen LogP contribution in [0.25, 0.3) is 0 Å². The number of carboxylic acid groups (broad SMARTS) is 3. The maximum Gasteiger partial charge on any atom is 0.335 e. The quantitative estimate of drug-likeness (QED) is 0.185. The Morgan fingerprint density at radius 3 is 1.44 bits per heavy atom. The minimum absolute atomic E-state index is 0.0841. The predicted molar refractivity (Wildman–Crippen MR) is 155 cm³/mol. The molecule has 0 spiro atoms. The van der Waals surface area contributed by atoms with E-state index in [-0.39, 0.29) is 49.9 Å². The number of likely N-dealkylation sites (N-methyl/N-ethyl adjacent to an activating group) is 2. The molecule has 0 aliphatic heterocycles. The van der Waals surface area contributed by atoms with Gasteiger partial charge in [0.05, 0.1) is 44.0 Å². The third-order valence-corrected chi connectivity index (χ3v) is 6.48. The lowest BCUT2D eigenvalue weighted by atomic mass is 10.1. The van der Waals surface area contributed by atoms with Crippen LogP contribution >= 0.6 is 0 Å². The molecule has 13 nitrogen and oxygen atoms in total. The number of aromatic carboxylic acids is 2. The van der Waals surface area contributed by atoms with E-state index in [0.717, 1.165) is 11.1 Å². The lowest BCUT2D eigenvalue weighted by Crippen LogP contribution is -2.41. The van der Waals surface area contributed by atoms with Crippen LogP contribution in [-0.2, 0) is 36.7 Å². The fraction of sp³-hybridized carbons (Fsp3) is 0.433. The second-order valence-electron chi connectivity index (χ2n) is 10.1. The second kappa shape index (κ2) is 18.3. The summed E-state index contributed by atoms with van der Waals surface area (Å²) in [6, 6.07) is 12.6. The molecule has 234 valence electrons. The van der Waals surface area contributed by atoms with Gasteiger partial charge in [-0.2, -0.15) is 0 Å². The van der Waals surface area contributed by atoms with Gasteiger partial charge < -0.3 is 29.7 Å². The first-order chi connectivity index (χ1) is 20.4. The van der Waals surface area contributed by atoms with Crippen molar-refractivity contribution >= 4 is 29.8 Å². The summed E-state index contributed by atoms with van der Waals surface area (Å²) in [5.41, 5.74) is 2.04. The van der Waals surface area contributed by atoms with Crippen molar-refractivity contribution in [2.45, 2.75) is 12.8 Å². The van der Waals surface area contributed by atoms with Gasteiger partial charge in [0.25, 0.3) is 0 Å². The number of rotatable bonds is 20. The molecule has 0 bridgehead atoms. The molecule has 2 aromatic rings. The van der Waals surface area contributed by atoms with Crippen molar-refractivity contribution in [2.75, 3.05) is 73.1 Å². The average Bonchev–Trinajstić information content (AvgIpc) is 2.95. The molecule has 0 aliphatic carbocycles. The van der Waals surface area contributed by atoms with Gasteiger partial charge in [-0.3, -0.25) is 24.2 Å². The van der Waals surface area contributed by atoms with Gasteiger partial charge in [-0.15, -0.1) is 0 Å². The van der Waals surface area contributed by atoms with Crippen LogP contribution in [-0.4, -0.2) is 133 Å². The van der Waals surface area contributed by atoms with Gasteiger partial charge in [-0.05, 0) is 49.5 Å². The number of aliphatic carboxylic acids is 1. The summed E-state index contributed by atoms with van der Waals surface area (Å²) in [6.07, 6.45) is 0.873. The Balaban J connectivity index is 1.65. The first-order valence-electron chi connectivity index (χ1n) is 13.7.